The Kier molecular flexibility index (Phi) is 5.81. The maximum Gasteiger partial charge on any atom is 0.417 e. The van der Waals surface area contributed by atoms with Gasteiger partial charge in [0, 0.05) is 26.2 Å². The van der Waals surface area contributed by atoms with Crippen LogP contribution in [0.1, 0.15) is 11.1 Å². The lowest BCUT2D eigenvalue weighted by Gasteiger charge is -2.26. The Morgan fingerprint density at radius 2 is 1.82 bits per heavy atom. The first-order valence-corrected chi connectivity index (χ1v) is 7.53. The van der Waals surface area contributed by atoms with Gasteiger partial charge < -0.3 is 5.32 Å². The van der Waals surface area contributed by atoms with E-state index in [1.807, 2.05) is 0 Å². The van der Waals surface area contributed by atoms with E-state index in [2.05, 4.69) is 5.32 Å². The average molecular weight is 356 g/mol. The molecule has 0 aromatic heterocycles. The number of halogens is 4. The van der Waals surface area contributed by atoms with E-state index in [0.29, 0.717) is 19.2 Å². The van der Waals surface area contributed by atoms with Crippen LogP contribution in [-0.4, -0.2) is 38.9 Å². The average Bonchev–Trinajstić information content (AvgIpc) is 2.46. The quantitative estimate of drug-likeness (QED) is 0.874. The second-order valence-electron chi connectivity index (χ2n) is 4.47. The SMILES string of the molecule is Cl.N#Cc1cc(S(=O)(=O)N2CCNCC2)ccc1C(F)(F)F. The Hall–Kier alpha value is -1.34. The first kappa shape index (κ1) is 18.7. The van der Waals surface area contributed by atoms with Crippen molar-refractivity contribution in [3.8, 4) is 6.07 Å². The molecule has 1 aromatic carbocycles. The van der Waals surface area contributed by atoms with Crippen molar-refractivity contribution in [3.05, 3.63) is 29.3 Å². The van der Waals surface area contributed by atoms with Gasteiger partial charge >= 0.3 is 6.18 Å². The molecule has 0 saturated carbocycles. The molecule has 2 rings (SSSR count). The van der Waals surface area contributed by atoms with Crippen LogP contribution in [0.5, 0.6) is 0 Å². The van der Waals surface area contributed by atoms with E-state index in [9.17, 15) is 21.6 Å². The summed E-state index contributed by atoms with van der Waals surface area (Å²) < 4.78 is 63.9. The predicted molar refractivity (Wildman–Crippen MR) is 75.0 cm³/mol. The van der Waals surface area contributed by atoms with Crippen LogP contribution in [0.3, 0.4) is 0 Å². The Balaban J connectivity index is 0.00000242. The topological polar surface area (TPSA) is 73.2 Å². The molecule has 10 heteroatoms. The van der Waals surface area contributed by atoms with Gasteiger partial charge in [0.25, 0.3) is 0 Å². The van der Waals surface area contributed by atoms with Crippen LogP contribution in [0.25, 0.3) is 0 Å². The molecule has 0 atom stereocenters. The summed E-state index contributed by atoms with van der Waals surface area (Å²) in [6.07, 6.45) is -4.69. The summed E-state index contributed by atoms with van der Waals surface area (Å²) in [6.45, 7) is 1.44. The fraction of sp³-hybridized carbons (Fsp3) is 0.417. The lowest BCUT2D eigenvalue weighted by molar-refractivity contribution is -0.137. The summed E-state index contributed by atoms with van der Waals surface area (Å²) in [7, 11) is -3.88. The molecule has 0 unspecified atom stereocenters. The second kappa shape index (κ2) is 6.83. The standard InChI is InChI=1S/C12H12F3N3O2S.ClH/c13-12(14,15)11-2-1-10(7-9(11)8-16)21(19,20)18-5-3-17-4-6-18;/h1-2,7,17H,3-6H2;1H. The minimum Gasteiger partial charge on any atom is -0.314 e. The highest BCUT2D eigenvalue weighted by Gasteiger charge is 2.35. The van der Waals surface area contributed by atoms with Crippen LogP contribution in [0.4, 0.5) is 13.2 Å². The third kappa shape index (κ3) is 3.70. The summed E-state index contributed by atoms with van der Waals surface area (Å²) in [5.41, 5.74) is -1.83. The number of alkyl halides is 3. The maximum absolute atomic E-state index is 12.7. The molecule has 0 bridgehead atoms. The first-order chi connectivity index (χ1) is 9.76. The monoisotopic (exact) mass is 355 g/mol. The van der Waals surface area contributed by atoms with Crippen molar-refractivity contribution < 1.29 is 21.6 Å². The van der Waals surface area contributed by atoms with Crippen molar-refractivity contribution in [2.24, 2.45) is 0 Å². The number of nitrogens with zero attached hydrogens (tertiary/aromatic N) is 2. The van der Waals surface area contributed by atoms with Gasteiger partial charge in [-0.3, -0.25) is 0 Å². The number of nitrogens with one attached hydrogen (secondary N) is 1. The van der Waals surface area contributed by atoms with Crippen molar-refractivity contribution in [2.75, 3.05) is 26.2 Å². The van der Waals surface area contributed by atoms with Crippen LogP contribution in [-0.2, 0) is 16.2 Å². The number of rotatable bonds is 2. The van der Waals surface area contributed by atoms with Gasteiger partial charge in [-0.1, -0.05) is 0 Å². The molecule has 1 N–H and O–H groups in total. The van der Waals surface area contributed by atoms with Gasteiger partial charge in [0.2, 0.25) is 10.0 Å². The lowest BCUT2D eigenvalue weighted by Crippen LogP contribution is -2.46. The number of nitriles is 1. The Morgan fingerprint density at radius 1 is 1.23 bits per heavy atom. The van der Waals surface area contributed by atoms with Crippen molar-refractivity contribution in [2.45, 2.75) is 11.1 Å². The molecule has 0 radical (unpaired) electrons. The molecule has 122 valence electrons. The van der Waals surface area contributed by atoms with Crippen LogP contribution in [0.2, 0.25) is 0 Å². The van der Waals surface area contributed by atoms with Gasteiger partial charge in [0.15, 0.2) is 0 Å². The molecule has 0 aliphatic carbocycles. The molecule has 1 heterocycles. The van der Waals surface area contributed by atoms with E-state index >= 15 is 0 Å². The summed E-state index contributed by atoms with van der Waals surface area (Å²) in [5, 5.41) is 11.8. The number of hydrogen-bond acceptors (Lipinski definition) is 4. The molecule has 1 aliphatic heterocycles. The highest BCUT2D eigenvalue weighted by atomic mass is 35.5. The molecule has 1 fully saturated rings. The smallest absolute Gasteiger partial charge is 0.314 e. The van der Waals surface area contributed by atoms with Crippen LogP contribution < -0.4 is 5.32 Å². The van der Waals surface area contributed by atoms with Crippen molar-refractivity contribution in [3.63, 3.8) is 0 Å². The minimum atomic E-state index is -4.69. The number of benzene rings is 1. The van der Waals surface area contributed by atoms with Crippen molar-refractivity contribution >= 4 is 22.4 Å². The van der Waals surface area contributed by atoms with Crippen molar-refractivity contribution in [1.82, 2.24) is 9.62 Å². The number of sulfonamides is 1. The first-order valence-electron chi connectivity index (χ1n) is 6.09. The zero-order valence-corrected chi connectivity index (χ0v) is 12.9. The zero-order chi connectivity index (χ0) is 15.7. The van der Waals surface area contributed by atoms with E-state index in [-0.39, 0.29) is 30.4 Å². The zero-order valence-electron chi connectivity index (χ0n) is 11.2. The summed E-state index contributed by atoms with van der Waals surface area (Å²) >= 11 is 0. The van der Waals surface area contributed by atoms with Crippen LogP contribution in [0, 0.1) is 11.3 Å². The molecule has 1 saturated heterocycles. The van der Waals surface area contributed by atoms with E-state index in [1.54, 1.807) is 0 Å². The molecular formula is C12H13ClF3N3O2S. The van der Waals surface area contributed by atoms with Gasteiger partial charge in [0.05, 0.1) is 22.1 Å². The fourth-order valence-electron chi connectivity index (χ4n) is 2.06. The van der Waals surface area contributed by atoms with Gasteiger partial charge in [-0.2, -0.15) is 22.7 Å². The van der Waals surface area contributed by atoms with E-state index in [1.165, 1.54) is 10.4 Å². The normalized spacial score (nSPS) is 16.6. The van der Waals surface area contributed by atoms with Gasteiger partial charge in [-0.05, 0) is 18.2 Å². The second-order valence-corrected chi connectivity index (χ2v) is 6.41. The van der Waals surface area contributed by atoms with E-state index < -0.39 is 27.3 Å². The highest BCUT2D eigenvalue weighted by molar-refractivity contribution is 7.89. The third-order valence-electron chi connectivity index (χ3n) is 3.13. The van der Waals surface area contributed by atoms with Gasteiger partial charge in [0.1, 0.15) is 0 Å². The number of piperazine rings is 1. The minimum absolute atomic E-state index is 0. The molecular weight excluding hydrogens is 343 g/mol. The predicted octanol–water partition coefficient (Wildman–Crippen LogP) is 1.59. The van der Waals surface area contributed by atoms with E-state index in [0.717, 1.165) is 12.1 Å². The molecule has 5 nitrogen and oxygen atoms in total. The highest BCUT2D eigenvalue weighted by Crippen LogP contribution is 2.33. The van der Waals surface area contributed by atoms with Gasteiger partial charge in [-0.15, -0.1) is 12.4 Å². The molecule has 1 aromatic rings. The Bertz CT molecular complexity index is 680. The summed E-state index contributed by atoms with van der Waals surface area (Å²) in [5.74, 6) is 0. The van der Waals surface area contributed by atoms with Gasteiger partial charge in [-0.25, -0.2) is 8.42 Å². The van der Waals surface area contributed by atoms with Crippen molar-refractivity contribution in [1.29, 1.82) is 5.26 Å². The molecule has 0 spiro atoms. The summed E-state index contributed by atoms with van der Waals surface area (Å²) in [4.78, 5) is -0.297. The Labute approximate surface area is 132 Å². The third-order valence-corrected chi connectivity index (χ3v) is 5.03. The number of hydrogen-bond donors (Lipinski definition) is 1. The maximum atomic E-state index is 12.7. The molecule has 0 amide bonds. The Morgan fingerprint density at radius 3 is 2.32 bits per heavy atom. The van der Waals surface area contributed by atoms with Crippen LogP contribution >= 0.6 is 12.4 Å². The largest absolute Gasteiger partial charge is 0.417 e. The summed E-state index contributed by atoms with van der Waals surface area (Å²) in [6, 6.07) is 3.70. The van der Waals surface area contributed by atoms with Crippen LogP contribution in [0.15, 0.2) is 23.1 Å². The molecule has 1 aliphatic rings. The molecule has 22 heavy (non-hydrogen) atoms. The lowest BCUT2D eigenvalue weighted by atomic mass is 10.1. The fourth-order valence-corrected chi connectivity index (χ4v) is 3.53. The van der Waals surface area contributed by atoms with E-state index in [4.69, 9.17) is 5.26 Å².